The molecule has 0 atom stereocenters. The quantitative estimate of drug-likeness (QED) is 0.883. The predicted molar refractivity (Wildman–Crippen MR) is 69.2 cm³/mol. The van der Waals surface area contributed by atoms with Gasteiger partial charge in [-0.05, 0) is 6.07 Å². The zero-order valence-electron chi connectivity index (χ0n) is 10.9. The van der Waals surface area contributed by atoms with E-state index in [1.54, 1.807) is 6.07 Å². The number of ether oxygens (including phenoxy) is 1. The Kier molecular flexibility index (Phi) is 4.49. The number of pyridine rings is 1. The zero-order valence-corrected chi connectivity index (χ0v) is 10.9. The largest absolute Gasteiger partial charge is 0.378 e. The molecule has 1 N–H and O–H groups in total. The van der Waals surface area contributed by atoms with Gasteiger partial charge in [0.1, 0.15) is 11.6 Å². The Bertz CT molecular complexity index is 392. The highest BCUT2D eigenvalue weighted by Crippen LogP contribution is 2.19. The molecule has 1 aromatic heterocycles. The SMILES string of the molecule is CC(C)NCc1cc(F)cnc1N1CCOCC1. The molecule has 0 bridgehead atoms. The third-order valence-electron chi connectivity index (χ3n) is 2.92. The van der Waals surface area contributed by atoms with Gasteiger partial charge in [0, 0.05) is 31.2 Å². The van der Waals surface area contributed by atoms with Crippen molar-refractivity contribution in [2.45, 2.75) is 26.4 Å². The van der Waals surface area contributed by atoms with Gasteiger partial charge >= 0.3 is 0 Å². The summed E-state index contributed by atoms with van der Waals surface area (Å²) in [5.41, 5.74) is 0.908. The van der Waals surface area contributed by atoms with E-state index in [0.29, 0.717) is 25.8 Å². The van der Waals surface area contributed by atoms with Crippen LogP contribution < -0.4 is 10.2 Å². The van der Waals surface area contributed by atoms with E-state index in [9.17, 15) is 4.39 Å². The van der Waals surface area contributed by atoms with Crippen molar-refractivity contribution in [3.8, 4) is 0 Å². The fourth-order valence-electron chi connectivity index (χ4n) is 1.98. The first-order chi connectivity index (χ1) is 8.66. The minimum atomic E-state index is -0.285. The van der Waals surface area contributed by atoms with E-state index in [1.165, 1.54) is 6.20 Å². The maximum atomic E-state index is 13.3. The lowest BCUT2D eigenvalue weighted by molar-refractivity contribution is 0.122. The summed E-state index contributed by atoms with van der Waals surface area (Å²) in [5.74, 6) is 0.584. The molecule has 18 heavy (non-hydrogen) atoms. The molecule has 1 aliphatic rings. The van der Waals surface area contributed by atoms with Crippen LogP contribution in [0.5, 0.6) is 0 Å². The average Bonchev–Trinajstić information content (AvgIpc) is 2.37. The lowest BCUT2D eigenvalue weighted by Crippen LogP contribution is -2.38. The smallest absolute Gasteiger partial charge is 0.141 e. The third-order valence-corrected chi connectivity index (χ3v) is 2.92. The van der Waals surface area contributed by atoms with Crippen LogP contribution in [0.1, 0.15) is 19.4 Å². The molecule has 2 heterocycles. The molecular weight excluding hydrogens is 233 g/mol. The van der Waals surface area contributed by atoms with Crippen LogP contribution in [-0.4, -0.2) is 37.3 Å². The fourth-order valence-corrected chi connectivity index (χ4v) is 1.98. The van der Waals surface area contributed by atoms with Crippen molar-refractivity contribution < 1.29 is 9.13 Å². The van der Waals surface area contributed by atoms with Gasteiger partial charge in [0.25, 0.3) is 0 Å². The topological polar surface area (TPSA) is 37.4 Å². The van der Waals surface area contributed by atoms with Gasteiger partial charge in [0.15, 0.2) is 0 Å². The van der Waals surface area contributed by atoms with Gasteiger partial charge in [-0.1, -0.05) is 13.8 Å². The van der Waals surface area contributed by atoms with Crippen molar-refractivity contribution in [2.75, 3.05) is 31.2 Å². The van der Waals surface area contributed by atoms with Gasteiger partial charge in [-0.15, -0.1) is 0 Å². The maximum absolute atomic E-state index is 13.3. The first-order valence-electron chi connectivity index (χ1n) is 6.37. The Balaban J connectivity index is 2.16. The highest BCUT2D eigenvalue weighted by molar-refractivity contribution is 5.47. The van der Waals surface area contributed by atoms with E-state index in [-0.39, 0.29) is 5.82 Å². The number of nitrogens with zero attached hydrogens (tertiary/aromatic N) is 2. The second kappa shape index (κ2) is 6.11. The molecule has 4 nitrogen and oxygen atoms in total. The molecule has 0 spiro atoms. The van der Waals surface area contributed by atoms with Crippen molar-refractivity contribution in [2.24, 2.45) is 0 Å². The van der Waals surface area contributed by atoms with Crippen molar-refractivity contribution >= 4 is 5.82 Å². The third kappa shape index (κ3) is 3.40. The molecule has 100 valence electrons. The summed E-state index contributed by atoms with van der Waals surface area (Å²) in [5, 5.41) is 3.30. The maximum Gasteiger partial charge on any atom is 0.141 e. The number of morpholine rings is 1. The van der Waals surface area contributed by atoms with Gasteiger partial charge < -0.3 is 15.0 Å². The van der Waals surface area contributed by atoms with Crippen molar-refractivity contribution in [3.05, 3.63) is 23.6 Å². The van der Waals surface area contributed by atoms with Gasteiger partial charge in [-0.25, -0.2) is 9.37 Å². The molecule has 1 aromatic rings. The number of hydrogen-bond donors (Lipinski definition) is 1. The molecule has 0 radical (unpaired) electrons. The second-order valence-electron chi connectivity index (χ2n) is 4.77. The Morgan fingerprint density at radius 1 is 1.44 bits per heavy atom. The van der Waals surface area contributed by atoms with Gasteiger partial charge in [0.05, 0.1) is 19.4 Å². The van der Waals surface area contributed by atoms with Crippen LogP contribution in [0.15, 0.2) is 12.3 Å². The highest BCUT2D eigenvalue weighted by Gasteiger charge is 2.16. The number of nitrogens with one attached hydrogen (secondary N) is 1. The van der Waals surface area contributed by atoms with Crippen LogP contribution in [0.3, 0.4) is 0 Å². The van der Waals surface area contributed by atoms with Crippen LogP contribution in [0, 0.1) is 5.82 Å². The summed E-state index contributed by atoms with van der Waals surface area (Å²) in [6.45, 7) is 7.81. The Morgan fingerprint density at radius 2 is 2.17 bits per heavy atom. The van der Waals surface area contributed by atoms with E-state index in [2.05, 4.69) is 29.0 Å². The van der Waals surface area contributed by atoms with Crippen molar-refractivity contribution in [1.29, 1.82) is 0 Å². The lowest BCUT2D eigenvalue weighted by atomic mass is 10.2. The Morgan fingerprint density at radius 3 is 2.83 bits per heavy atom. The normalized spacial score (nSPS) is 16.3. The first kappa shape index (κ1) is 13.2. The zero-order chi connectivity index (χ0) is 13.0. The van der Waals surface area contributed by atoms with Crippen molar-refractivity contribution in [3.63, 3.8) is 0 Å². The molecule has 0 amide bonds. The second-order valence-corrected chi connectivity index (χ2v) is 4.77. The minimum absolute atomic E-state index is 0.285. The first-order valence-corrected chi connectivity index (χ1v) is 6.37. The molecule has 5 heteroatoms. The standard InChI is InChI=1S/C13H20FN3O/c1-10(2)15-8-11-7-12(14)9-16-13(11)17-3-5-18-6-4-17/h7,9-10,15H,3-6,8H2,1-2H3. The van der Waals surface area contributed by atoms with Gasteiger partial charge in [-0.3, -0.25) is 0 Å². The van der Waals surface area contributed by atoms with Crippen LogP contribution in [0.2, 0.25) is 0 Å². The summed E-state index contributed by atoms with van der Waals surface area (Å²) in [4.78, 5) is 6.39. The molecule has 1 fully saturated rings. The number of hydrogen-bond acceptors (Lipinski definition) is 4. The molecule has 0 saturated carbocycles. The minimum Gasteiger partial charge on any atom is -0.378 e. The number of halogens is 1. The molecule has 0 aromatic carbocycles. The van der Waals surface area contributed by atoms with E-state index in [0.717, 1.165) is 24.5 Å². The van der Waals surface area contributed by atoms with Crippen LogP contribution in [0.4, 0.5) is 10.2 Å². The number of anilines is 1. The summed E-state index contributed by atoms with van der Waals surface area (Å²) in [7, 11) is 0. The van der Waals surface area contributed by atoms with E-state index >= 15 is 0 Å². The molecule has 2 rings (SSSR count). The van der Waals surface area contributed by atoms with E-state index in [1.807, 2.05) is 0 Å². The Hall–Kier alpha value is -1.20. The van der Waals surface area contributed by atoms with Gasteiger partial charge in [-0.2, -0.15) is 0 Å². The number of rotatable bonds is 4. The Labute approximate surface area is 107 Å². The monoisotopic (exact) mass is 253 g/mol. The summed E-state index contributed by atoms with van der Waals surface area (Å²) >= 11 is 0. The molecule has 1 saturated heterocycles. The van der Waals surface area contributed by atoms with Crippen molar-refractivity contribution in [1.82, 2.24) is 10.3 Å². The van der Waals surface area contributed by atoms with Gasteiger partial charge in [0.2, 0.25) is 0 Å². The average molecular weight is 253 g/mol. The highest BCUT2D eigenvalue weighted by atomic mass is 19.1. The predicted octanol–water partition coefficient (Wildman–Crippen LogP) is 1.56. The summed E-state index contributed by atoms with van der Waals surface area (Å²) in [6.07, 6.45) is 1.28. The molecular formula is C13H20FN3O. The van der Waals surface area contributed by atoms with Crippen LogP contribution in [-0.2, 0) is 11.3 Å². The molecule has 1 aliphatic heterocycles. The van der Waals surface area contributed by atoms with E-state index in [4.69, 9.17) is 4.74 Å². The summed E-state index contributed by atoms with van der Waals surface area (Å²) < 4.78 is 18.6. The number of aromatic nitrogens is 1. The molecule has 0 unspecified atom stereocenters. The summed E-state index contributed by atoms with van der Waals surface area (Å²) in [6, 6.07) is 1.93. The van der Waals surface area contributed by atoms with Crippen LogP contribution in [0.25, 0.3) is 0 Å². The van der Waals surface area contributed by atoms with E-state index < -0.39 is 0 Å². The fraction of sp³-hybridized carbons (Fsp3) is 0.615. The lowest BCUT2D eigenvalue weighted by Gasteiger charge is -2.29. The van der Waals surface area contributed by atoms with Crippen LogP contribution >= 0.6 is 0 Å². The molecule has 0 aliphatic carbocycles.